The Morgan fingerprint density at radius 3 is 2.40 bits per heavy atom. The van der Waals surface area contributed by atoms with Crippen LogP contribution in [0.15, 0.2) is 83.1 Å². The molecule has 4 atom stereocenters. The van der Waals surface area contributed by atoms with Gasteiger partial charge in [-0.15, -0.1) is 21.5 Å². The molecule has 4 aromatic heterocycles. The number of carbonyl (C=O) groups excluding carboxylic acids is 2. The van der Waals surface area contributed by atoms with Gasteiger partial charge in [0.15, 0.2) is 17.4 Å². The minimum Gasteiger partial charge on any atom is -0.507 e. The van der Waals surface area contributed by atoms with Crippen molar-refractivity contribution >= 4 is 46.4 Å². The number of carbonyl (C=O) groups is 2. The van der Waals surface area contributed by atoms with Crippen LogP contribution in [-0.4, -0.2) is 145 Å². The number of piperidine rings is 2. The zero-order valence-corrected chi connectivity index (χ0v) is 41.9. The number of hydrogen-bond acceptors (Lipinski definition) is 17. The molecule has 5 aliphatic rings. The number of hydrogen-bond donors (Lipinski definition) is 4. The molecule has 4 N–H and O–H groups in total. The third kappa shape index (κ3) is 9.68. The van der Waals surface area contributed by atoms with Crippen molar-refractivity contribution in [2.75, 3.05) is 78.9 Å². The SMILES string of the molecule is Cc1ncsc1-c1ccc(CNC(=O)[C@@H]2C[C@@H](O)CN2C(=O)[C@H](c2cc(N3CCC(N4CCC(c5cnc(N6CCN7c8cc(-c9ccccc9O)nnc8NC[C@H]7C6)nc5)CC4)CC3)no2)C(C)C)cc1. The summed E-state index contributed by atoms with van der Waals surface area (Å²) in [5.41, 5.74) is 8.37. The van der Waals surface area contributed by atoms with E-state index in [-0.39, 0.29) is 42.5 Å². The molecule has 9 heterocycles. The summed E-state index contributed by atoms with van der Waals surface area (Å²) in [6.07, 6.45) is 7.61. The minimum absolute atomic E-state index is 0.0884. The summed E-state index contributed by atoms with van der Waals surface area (Å²) in [5.74, 6) is 2.05. The van der Waals surface area contributed by atoms with E-state index >= 15 is 0 Å². The van der Waals surface area contributed by atoms with Crippen LogP contribution in [0, 0.1) is 12.8 Å². The zero-order valence-electron chi connectivity index (χ0n) is 41.1. The molecule has 0 aliphatic carbocycles. The lowest BCUT2D eigenvalue weighted by Crippen LogP contribution is -2.58. The highest BCUT2D eigenvalue weighted by Crippen LogP contribution is 2.38. The van der Waals surface area contributed by atoms with Gasteiger partial charge in [0.25, 0.3) is 0 Å². The third-order valence-electron chi connectivity index (χ3n) is 15.5. The van der Waals surface area contributed by atoms with E-state index in [1.165, 1.54) is 10.5 Å². The number of aliphatic hydroxyl groups excluding tert-OH is 1. The van der Waals surface area contributed by atoms with Crippen LogP contribution in [0.4, 0.5) is 23.3 Å². The van der Waals surface area contributed by atoms with E-state index in [4.69, 9.17) is 14.5 Å². The summed E-state index contributed by atoms with van der Waals surface area (Å²) >= 11 is 1.60. The fourth-order valence-electron chi connectivity index (χ4n) is 11.5. The predicted molar refractivity (Wildman–Crippen MR) is 276 cm³/mol. The first-order chi connectivity index (χ1) is 35.0. The Labute approximate surface area is 423 Å². The van der Waals surface area contributed by atoms with Gasteiger partial charge in [-0.05, 0) is 92.4 Å². The lowest BCUT2D eigenvalue weighted by Gasteiger charge is -2.45. The minimum atomic E-state index is -0.795. The van der Waals surface area contributed by atoms with E-state index < -0.39 is 18.1 Å². The Morgan fingerprint density at radius 1 is 0.889 bits per heavy atom. The highest BCUT2D eigenvalue weighted by atomic mass is 32.1. The molecule has 2 aromatic carbocycles. The van der Waals surface area contributed by atoms with E-state index in [0.717, 1.165) is 123 Å². The van der Waals surface area contributed by atoms with Crippen molar-refractivity contribution in [1.82, 2.24) is 45.4 Å². The first kappa shape index (κ1) is 47.6. The Bertz CT molecular complexity index is 2860. The first-order valence-corrected chi connectivity index (χ1v) is 26.4. The largest absolute Gasteiger partial charge is 0.507 e. The second-order valence-electron chi connectivity index (χ2n) is 20.4. The number of nitrogens with one attached hydrogen (secondary N) is 2. The number of aromatic nitrogens is 6. The quantitative estimate of drug-likeness (QED) is 0.110. The summed E-state index contributed by atoms with van der Waals surface area (Å²) in [6.45, 7) is 13.2. The van der Waals surface area contributed by atoms with Crippen LogP contribution in [0.1, 0.15) is 80.4 Å². The number of aromatic hydroxyl groups is 1. The Hall–Kier alpha value is -6.70. The summed E-state index contributed by atoms with van der Waals surface area (Å²) in [7, 11) is 0. The second kappa shape index (κ2) is 20.4. The fourth-order valence-corrected chi connectivity index (χ4v) is 12.3. The van der Waals surface area contributed by atoms with Gasteiger partial charge in [0.1, 0.15) is 17.7 Å². The normalized spacial score (nSPS) is 21.4. The van der Waals surface area contributed by atoms with Gasteiger partial charge < -0.3 is 49.9 Å². The number of thiazole rings is 1. The standard InChI is InChI=1S/C53H63N13O5S/c1-32(2)48(52(70)66-30-40(67)22-44(66)51(69)55-25-34-8-10-36(11-9-34)49-33(3)58-31-72-49)46-24-47(61-71-46)63-18-14-38(15-19-63)62-16-12-35(13-17-62)37-26-56-53(57-27-37)64-20-21-65-39(29-64)28-54-50-43(65)23-42(59-60-50)41-6-4-5-7-45(41)68/h4-11,23-24,26-27,31-32,35,38-40,44,48,67-68H,12-22,25,28-30H2,1-3H3,(H,54,60)(H,55,69)/t39-,40+,44-,48-/m0/s1. The lowest BCUT2D eigenvalue weighted by atomic mass is 9.89. The van der Waals surface area contributed by atoms with Crippen LogP contribution in [-0.2, 0) is 16.1 Å². The van der Waals surface area contributed by atoms with Crippen LogP contribution in [0.25, 0.3) is 21.7 Å². The van der Waals surface area contributed by atoms with Crippen LogP contribution in [0.5, 0.6) is 5.75 Å². The summed E-state index contributed by atoms with van der Waals surface area (Å²) in [5, 5.41) is 41.0. The molecule has 4 fully saturated rings. The summed E-state index contributed by atoms with van der Waals surface area (Å²) in [6, 6.07) is 19.1. The molecule has 0 bridgehead atoms. The third-order valence-corrected chi connectivity index (χ3v) is 16.5. The van der Waals surface area contributed by atoms with Crippen LogP contribution in [0.2, 0.25) is 0 Å². The molecule has 72 heavy (non-hydrogen) atoms. The van der Waals surface area contributed by atoms with Gasteiger partial charge in [-0.1, -0.05) is 55.4 Å². The topological polar surface area (TPSA) is 205 Å². The Kier molecular flexibility index (Phi) is 13.5. The maximum absolute atomic E-state index is 14.3. The molecule has 376 valence electrons. The first-order valence-electron chi connectivity index (χ1n) is 25.5. The number of aliphatic hydroxyl groups is 1. The molecule has 5 aliphatic heterocycles. The molecule has 0 saturated carbocycles. The van der Waals surface area contributed by atoms with E-state index in [0.29, 0.717) is 35.5 Å². The Balaban J connectivity index is 0.645. The average molecular weight is 994 g/mol. The van der Waals surface area contributed by atoms with Gasteiger partial charge in [-0.3, -0.25) is 9.59 Å². The second-order valence-corrected chi connectivity index (χ2v) is 21.2. The van der Waals surface area contributed by atoms with Gasteiger partial charge in [0.05, 0.1) is 39.6 Å². The molecule has 0 radical (unpaired) electrons. The molecule has 11 rings (SSSR count). The smallest absolute Gasteiger partial charge is 0.243 e. The number of fused-ring (bicyclic) bond motifs is 3. The predicted octanol–water partition coefficient (Wildman–Crippen LogP) is 6.05. The highest BCUT2D eigenvalue weighted by molar-refractivity contribution is 7.13. The molecular weight excluding hydrogens is 931 g/mol. The zero-order chi connectivity index (χ0) is 49.5. The van der Waals surface area contributed by atoms with Crippen molar-refractivity contribution in [3.63, 3.8) is 0 Å². The van der Waals surface area contributed by atoms with E-state index in [9.17, 15) is 19.8 Å². The van der Waals surface area contributed by atoms with Gasteiger partial charge in [-0.25, -0.2) is 15.0 Å². The number of likely N-dealkylation sites (tertiary alicyclic amines) is 2. The molecule has 0 unspecified atom stereocenters. The van der Waals surface area contributed by atoms with Crippen molar-refractivity contribution < 1.29 is 24.3 Å². The van der Waals surface area contributed by atoms with Crippen LogP contribution >= 0.6 is 11.3 Å². The van der Waals surface area contributed by atoms with Crippen molar-refractivity contribution in [2.24, 2.45) is 5.92 Å². The number of β-amino-alcohol motifs (C(OH)–C–C–N with tert-alkyl or cyclic N) is 1. The number of aryl methyl sites for hydroxylation is 1. The molecule has 18 nitrogen and oxygen atoms in total. The van der Waals surface area contributed by atoms with Crippen molar-refractivity contribution in [3.05, 3.63) is 101 Å². The molecule has 4 saturated heterocycles. The van der Waals surface area contributed by atoms with Crippen molar-refractivity contribution in [2.45, 2.75) is 95.5 Å². The van der Waals surface area contributed by atoms with Gasteiger partial charge >= 0.3 is 0 Å². The van der Waals surface area contributed by atoms with Crippen molar-refractivity contribution in [1.29, 1.82) is 0 Å². The summed E-state index contributed by atoms with van der Waals surface area (Å²) < 4.78 is 5.94. The van der Waals surface area contributed by atoms with E-state index in [1.807, 2.05) is 87.2 Å². The number of para-hydroxylation sites is 1. The molecule has 0 spiro atoms. The van der Waals surface area contributed by atoms with Crippen LogP contribution in [0.3, 0.4) is 0 Å². The fraction of sp³-hybridized carbons (Fsp3) is 0.472. The number of phenols is 1. The number of rotatable bonds is 12. The molecule has 6 aromatic rings. The molecule has 19 heteroatoms. The maximum atomic E-state index is 14.3. The number of nitrogens with zero attached hydrogens (tertiary/aromatic N) is 11. The van der Waals surface area contributed by atoms with Gasteiger partial charge in [-0.2, -0.15) is 0 Å². The van der Waals surface area contributed by atoms with Gasteiger partial charge in [0, 0.05) is 88.8 Å². The van der Waals surface area contributed by atoms with E-state index in [1.54, 1.807) is 23.5 Å². The van der Waals surface area contributed by atoms with Crippen LogP contribution < -0.4 is 25.3 Å². The number of anilines is 4. The Morgan fingerprint density at radius 2 is 1.67 bits per heavy atom. The van der Waals surface area contributed by atoms with Crippen molar-refractivity contribution in [3.8, 4) is 27.4 Å². The summed E-state index contributed by atoms with van der Waals surface area (Å²) in [4.78, 5) is 54.3. The van der Waals surface area contributed by atoms with Gasteiger partial charge in [0.2, 0.25) is 17.8 Å². The highest BCUT2D eigenvalue weighted by Gasteiger charge is 2.44. The number of piperazine rings is 1. The lowest BCUT2D eigenvalue weighted by molar-refractivity contribution is -0.141. The molecular formula is C53H63N13O5S. The number of phenolic OH excluding ortho intramolecular Hbond substituents is 1. The maximum Gasteiger partial charge on any atom is 0.243 e. The monoisotopic (exact) mass is 993 g/mol. The van der Waals surface area contributed by atoms with E-state index in [2.05, 4.69) is 50.6 Å². The average Bonchev–Trinajstić information content (AvgIpc) is 4.18. The number of benzene rings is 2. The number of amides is 2. The molecule has 2 amide bonds.